The van der Waals surface area contributed by atoms with Gasteiger partial charge in [-0.3, -0.25) is 0 Å². The molecule has 1 aliphatic heterocycles. The molecule has 1 aromatic carbocycles. The Labute approximate surface area is 259 Å². The zero-order valence-electron chi connectivity index (χ0n) is 23.4. The van der Waals surface area contributed by atoms with Gasteiger partial charge >= 0.3 is 30.4 Å². The fourth-order valence-corrected chi connectivity index (χ4v) is 3.95. The molecule has 0 aliphatic carbocycles. The second-order valence-corrected chi connectivity index (χ2v) is 9.92. The van der Waals surface area contributed by atoms with Crippen LogP contribution in [0.1, 0.15) is 19.8 Å². The number of H-pyrrole nitrogens is 1. The third kappa shape index (κ3) is 12.8. The number of nitrogens with one attached hydrogen (secondary N) is 2. The SMILES string of the molecule is CCOC(=O)N1CCC(NCCOc2ccc(-c3nc4cc(Br)cnc4[nH]3)cc2)CC1.O=C(O)C(F)(F)F.O=C(O)C(F)(F)F. The van der Waals surface area contributed by atoms with E-state index in [0.717, 1.165) is 65.2 Å². The molecule has 0 bridgehead atoms. The smallest absolute Gasteiger partial charge is 0.490 e. The van der Waals surface area contributed by atoms with E-state index in [1.54, 1.807) is 11.1 Å². The number of amides is 1. The number of aromatic amines is 1. The van der Waals surface area contributed by atoms with Gasteiger partial charge in [0.2, 0.25) is 0 Å². The molecule has 1 saturated heterocycles. The topological polar surface area (TPSA) is 167 Å². The lowest BCUT2D eigenvalue weighted by molar-refractivity contribution is -0.193. The van der Waals surface area contributed by atoms with E-state index in [0.29, 0.717) is 19.3 Å². The normalized spacial score (nSPS) is 13.6. The van der Waals surface area contributed by atoms with E-state index in [4.69, 9.17) is 29.3 Å². The minimum atomic E-state index is -5.08. The zero-order valence-corrected chi connectivity index (χ0v) is 25.0. The van der Waals surface area contributed by atoms with Crippen LogP contribution in [0.25, 0.3) is 22.6 Å². The lowest BCUT2D eigenvalue weighted by Gasteiger charge is -2.31. The number of halogens is 7. The second-order valence-electron chi connectivity index (χ2n) is 9.00. The number of hydrogen-bond donors (Lipinski definition) is 4. The van der Waals surface area contributed by atoms with Crippen molar-refractivity contribution in [3.63, 3.8) is 0 Å². The van der Waals surface area contributed by atoms with E-state index >= 15 is 0 Å². The van der Waals surface area contributed by atoms with Crippen molar-refractivity contribution in [2.75, 3.05) is 32.8 Å². The summed E-state index contributed by atoms with van der Waals surface area (Å²) in [5.41, 5.74) is 2.56. The maximum atomic E-state index is 11.7. The number of nitrogens with zero attached hydrogens (tertiary/aromatic N) is 3. The van der Waals surface area contributed by atoms with Crippen LogP contribution in [-0.2, 0) is 14.3 Å². The number of carbonyl (C=O) groups excluding carboxylic acids is 1. The van der Waals surface area contributed by atoms with E-state index in [1.807, 2.05) is 37.3 Å². The number of carbonyl (C=O) groups is 3. The Morgan fingerprint density at radius 3 is 2.11 bits per heavy atom. The standard InChI is InChI=1S/C22H26BrN5O3.2C2HF3O2/c1-2-30-22(29)28-10-7-17(8-11-28)24-9-12-31-18-5-3-15(4-6-18)20-26-19-13-16(23)14-25-21(19)27-20;2*3-2(4,5)1(6)7/h3-6,13-14,17,24H,2,7-12H2,1H3,(H,25,26,27);2*(H,6,7). The van der Waals surface area contributed by atoms with E-state index in [2.05, 4.69) is 36.2 Å². The summed E-state index contributed by atoms with van der Waals surface area (Å²) in [5, 5.41) is 17.8. The molecule has 45 heavy (non-hydrogen) atoms. The van der Waals surface area contributed by atoms with Crippen LogP contribution in [0.4, 0.5) is 31.1 Å². The predicted molar refractivity (Wildman–Crippen MR) is 150 cm³/mol. The van der Waals surface area contributed by atoms with Gasteiger partial charge in [-0.25, -0.2) is 24.4 Å². The summed E-state index contributed by atoms with van der Waals surface area (Å²) < 4.78 is 75.3. The van der Waals surface area contributed by atoms with Crippen molar-refractivity contribution in [2.24, 2.45) is 0 Å². The van der Waals surface area contributed by atoms with Crippen molar-refractivity contribution < 1.29 is 60.4 Å². The van der Waals surface area contributed by atoms with Gasteiger partial charge in [-0.05, 0) is 66.0 Å². The highest BCUT2D eigenvalue weighted by Gasteiger charge is 2.38. The largest absolute Gasteiger partial charge is 0.492 e. The number of pyridine rings is 1. The summed E-state index contributed by atoms with van der Waals surface area (Å²) in [6.07, 6.45) is -6.77. The van der Waals surface area contributed by atoms with Crippen LogP contribution in [0.2, 0.25) is 0 Å². The Morgan fingerprint density at radius 2 is 1.60 bits per heavy atom. The van der Waals surface area contributed by atoms with Gasteiger partial charge in [0, 0.05) is 41.9 Å². The number of carboxylic acids is 2. The molecular weight excluding hydrogens is 688 g/mol. The van der Waals surface area contributed by atoms with Gasteiger partial charge in [0.1, 0.15) is 23.7 Å². The van der Waals surface area contributed by atoms with Gasteiger partial charge in [-0.2, -0.15) is 26.3 Å². The van der Waals surface area contributed by atoms with Gasteiger partial charge in [-0.15, -0.1) is 0 Å². The number of likely N-dealkylation sites (tertiary alicyclic amines) is 1. The van der Waals surface area contributed by atoms with Gasteiger partial charge in [-0.1, -0.05) is 0 Å². The first kappa shape index (κ1) is 37.1. The zero-order chi connectivity index (χ0) is 33.8. The minimum Gasteiger partial charge on any atom is -0.492 e. The van der Waals surface area contributed by atoms with E-state index in [-0.39, 0.29) is 6.09 Å². The molecule has 248 valence electrons. The number of piperidine rings is 1. The van der Waals surface area contributed by atoms with E-state index in [9.17, 15) is 31.1 Å². The maximum Gasteiger partial charge on any atom is 0.490 e. The third-order valence-electron chi connectivity index (χ3n) is 5.74. The molecule has 4 rings (SSSR count). The molecule has 0 atom stereocenters. The molecule has 3 aromatic rings. The van der Waals surface area contributed by atoms with Crippen molar-refractivity contribution in [1.29, 1.82) is 0 Å². The minimum absolute atomic E-state index is 0.209. The number of aliphatic carboxylic acids is 2. The van der Waals surface area contributed by atoms with Crippen LogP contribution >= 0.6 is 15.9 Å². The van der Waals surface area contributed by atoms with Crippen LogP contribution < -0.4 is 10.1 Å². The summed E-state index contributed by atoms with van der Waals surface area (Å²) in [6, 6.07) is 10.2. The summed E-state index contributed by atoms with van der Waals surface area (Å²) in [6.45, 7) is 5.05. The fourth-order valence-electron chi connectivity index (χ4n) is 3.63. The number of ether oxygens (including phenoxy) is 2. The number of imidazole rings is 1. The van der Waals surface area contributed by atoms with Crippen molar-refractivity contribution in [2.45, 2.75) is 38.2 Å². The van der Waals surface area contributed by atoms with Gasteiger partial charge in [0.25, 0.3) is 0 Å². The van der Waals surface area contributed by atoms with Crippen molar-refractivity contribution in [1.82, 2.24) is 25.2 Å². The van der Waals surface area contributed by atoms with Crippen LogP contribution in [-0.4, -0.2) is 99.3 Å². The second kappa shape index (κ2) is 16.8. The molecule has 0 saturated carbocycles. The number of aromatic nitrogens is 3. The fraction of sp³-hybridized carbons (Fsp3) is 0.423. The van der Waals surface area contributed by atoms with Crippen molar-refractivity contribution >= 4 is 45.1 Å². The van der Waals surface area contributed by atoms with Crippen LogP contribution in [0.5, 0.6) is 5.75 Å². The first-order chi connectivity index (χ1) is 21.0. The molecule has 4 N–H and O–H groups in total. The molecule has 1 fully saturated rings. The third-order valence-corrected chi connectivity index (χ3v) is 6.17. The lowest BCUT2D eigenvalue weighted by Crippen LogP contribution is -2.45. The van der Waals surface area contributed by atoms with E-state index < -0.39 is 24.3 Å². The number of fused-ring (bicyclic) bond motifs is 1. The molecule has 0 radical (unpaired) electrons. The molecular formula is C26H28BrF6N5O7. The molecule has 1 amide bonds. The molecule has 19 heteroatoms. The monoisotopic (exact) mass is 715 g/mol. The first-order valence-corrected chi connectivity index (χ1v) is 13.8. The molecule has 2 aromatic heterocycles. The first-order valence-electron chi connectivity index (χ1n) is 13.0. The quantitative estimate of drug-likeness (QED) is 0.188. The maximum absolute atomic E-state index is 11.7. The number of carboxylic acid groups (broad SMARTS) is 2. The summed E-state index contributed by atoms with van der Waals surface area (Å²) in [7, 11) is 0. The predicted octanol–water partition coefficient (Wildman–Crippen LogP) is 5.24. The highest BCUT2D eigenvalue weighted by molar-refractivity contribution is 9.10. The van der Waals surface area contributed by atoms with Crippen LogP contribution in [0.3, 0.4) is 0 Å². The number of hydrogen-bond acceptors (Lipinski definition) is 8. The Balaban J connectivity index is 0.000000421. The Kier molecular flexibility index (Phi) is 13.8. The molecule has 3 heterocycles. The Hall–Kier alpha value is -4.13. The Morgan fingerprint density at radius 1 is 1.04 bits per heavy atom. The molecule has 1 aliphatic rings. The molecule has 0 unspecified atom stereocenters. The average molecular weight is 716 g/mol. The number of rotatable bonds is 7. The van der Waals surface area contributed by atoms with Crippen LogP contribution in [0.15, 0.2) is 41.0 Å². The number of alkyl halides is 6. The summed E-state index contributed by atoms with van der Waals surface area (Å²) in [5.74, 6) is -3.91. The van der Waals surface area contributed by atoms with Crippen molar-refractivity contribution in [3.05, 3.63) is 41.0 Å². The Bertz CT molecular complexity index is 1390. The summed E-state index contributed by atoms with van der Waals surface area (Å²) in [4.78, 5) is 43.5. The number of benzene rings is 1. The van der Waals surface area contributed by atoms with Gasteiger partial charge < -0.3 is 34.9 Å². The van der Waals surface area contributed by atoms with E-state index in [1.165, 1.54) is 0 Å². The van der Waals surface area contributed by atoms with Gasteiger partial charge in [0.05, 0.1) is 6.61 Å². The average Bonchev–Trinajstić information content (AvgIpc) is 3.39. The summed E-state index contributed by atoms with van der Waals surface area (Å²) >= 11 is 3.42. The van der Waals surface area contributed by atoms with Crippen LogP contribution in [0, 0.1) is 0 Å². The molecule has 0 spiro atoms. The lowest BCUT2D eigenvalue weighted by atomic mass is 10.1. The van der Waals surface area contributed by atoms with Gasteiger partial charge in [0.15, 0.2) is 5.65 Å². The van der Waals surface area contributed by atoms with Crippen molar-refractivity contribution in [3.8, 4) is 17.1 Å². The molecule has 12 nitrogen and oxygen atoms in total. The highest BCUT2D eigenvalue weighted by atomic mass is 79.9. The highest BCUT2D eigenvalue weighted by Crippen LogP contribution is 2.23.